The zero-order valence-corrected chi connectivity index (χ0v) is 23.9. The lowest BCUT2D eigenvalue weighted by atomic mass is 9.93. The second kappa shape index (κ2) is 12.5. The Morgan fingerprint density at radius 1 is 0.976 bits per heavy atom. The number of ether oxygens (including phenoxy) is 3. The highest BCUT2D eigenvalue weighted by atomic mass is 32.1. The van der Waals surface area contributed by atoms with E-state index >= 15 is 0 Å². The third-order valence-corrected chi connectivity index (χ3v) is 7.33. The van der Waals surface area contributed by atoms with E-state index in [1.807, 2.05) is 56.3 Å². The summed E-state index contributed by atoms with van der Waals surface area (Å²) in [6.45, 7) is 2.80. The Bertz CT molecular complexity index is 1780. The average Bonchev–Trinajstić information content (AvgIpc) is 3.28. The molecule has 1 aliphatic rings. The molecule has 0 aliphatic carbocycles. The first-order valence-electron chi connectivity index (χ1n) is 13.3. The molecule has 10 heteroatoms. The Morgan fingerprint density at radius 2 is 1.62 bits per heavy atom. The minimum absolute atomic E-state index is 0.0140. The molecule has 1 aromatic heterocycles. The van der Waals surface area contributed by atoms with Crippen LogP contribution in [-0.4, -0.2) is 29.9 Å². The number of fused-ring (bicyclic) bond motifs is 1. The van der Waals surface area contributed by atoms with Gasteiger partial charge in [0.15, 0.2) is 4.80 Å². The van der Waals surface area contributed by atoms with Gasteiger partial charge in [-0.15, -0.1) is 0 Å². The van der Waals surface area contributed by atoms with Crippen molar-refractivity contribution in [2.45, 2.75) is 39.5 Å². The van der Waals surface area contributed by atoms with Gasteiger partial charge >= 0.3 is 12.6 Å². The van der Waals surface area contributed by atoms with Crippen molar-refractivity contribution in [1.29, 1.82) is 0 Å². The third kappa shape index (κ3) is 6.18. The summed E-state index contributed by atoms with van der Waals surface area (Å²) in [6.07, 6.45) is 1.63. The zero-order valence-electron chi connectivity index (χ0n) is 23.1. The number of carbonyl (C=O) groups is 1. The average molecular weight is 591 g/mol. The Morgan fingerprint density at radius 3 is 2.24 bits per heavy atom. The molecule has 0 saturated heterocycles. The number of rotatable bonds is 9. The predicted octanol–water partition coefficient (Wildman–Crippen LogP) is 5.32. The van der Waals surface area contributed by atoms with Crippen molar-refractivity contribution >= 4 is 29.1 Å². The maximum atomic E-state index is 14.0. The molecule has 7 nitrogen and oxygen atoms in total. The lowest BCUT2D eigenvalue weighted by molar-refractivity contribution is -0.138. The van der Waals surface area contributed by atoms with E-state index < -0.39 is 18.6 Å². The number of hydrogen-bond acceptors (Lipinski definition) is 7. The monoisotopic (exact) mass is 590 g/mol. The molecule has 4 aromatic rings. The van der Waals surface area contributed by atoms with Crippen LogP contribution >= 0.6 is 11.3 Å². The first kappa shape index (κ1) is 28.9. The van der Waals surface area contributed by atoms with E-state index in [0.29, 0.717) is 37.5 Å². The highest BCUT2D eigenvalue weighted by molar-refractivity contribution is 7.07. The van der Waals surface area contributed by atoms with E-state index in [2.05, 4.69) is 4.74 Å². The molecular weight excluding hydrogens is 562 g/mol. The topological polar surface area (TPSA) is 79.1 Å². The van der Waals surface area contributed by atoms with Gasteiger partial charge in [-0.05, 0) is 62.2 Å². The molecule has 0 spiro atoms. The number of aromatic nitrogens is 1. The Hall–Kier alpha value is -4.57. The molecule has 0 unspecified atom stereocenters. The number of hydrogen-bond donors (Lipinski definition) is 0. The fourth-order valence-electron chi connectivity index (χ4n) is 4.65. The Kier molecular flexibility index (Phi) is 8.63. The molecule has 42 heavy (non-hydrogen) atoms. The van der Waals surface area contributed by atoms with Gasteiger partial charge in [-0.1, -0.05) is 65.9 Å². The van der Waals surface area contributed by atoms with Crippen molar-refractivity contribution in [2.75, 3.05) is 6.61 Å². The standard InChI is InChI=1S/C32H28F2N2O5S/c1-4-39-30(38)26-27(21-8-6-5-7-9-21)35-32-36(28(26)22-12-16-23(17-13-22)40-19(2)3)29(37)25(42-32)18-20-10-14-24(15-11-20)41-31(33)34/h5-19,28,31H,4H2,1-3H3/b25-18-/t28-/m0/s1. The number of carbonyl (C=O) groups excluding carboxylic acids is 1. The molecule has 1 atom stereocenters. The van der Waals surface area contributed by atoms with E-state index in [4.69, 9.17) is 14.5 Å². The van der Waals surface area contributed by atoms with E-state index in [1.165, 1.54) is 28.0 Å². The second-order valence-electron chi connectivity index (χ2n) is 9.61. The summed E-state index contributed by atoms with van der Waals surface area (Å²) in [5.74, 6) is 0.0990. The number of esters is 1. The van der Waals surface area contributed by atoms with Crippen LogP contribution in [0.4, 0.5) is 8.78 Å². The van der Waals surface area contributed by atoms with Gasteiger partial charge in [-0.25, -0.2) is 9.79 Å². The van der Waals surface area contributed by atoms with Gasteiger partial charge in [0.2, 0.25) is 0 Å². The van der Waals surface area contributed by atoms with E-state index in [9.17, 15) is 18.4 Å². The summed E-state index contributed by atoms with van der Waals surface area (Å²) < 4.78 is 42.7. The molecule has 1 aliphatic heterocycles. The van der Waals surface area contributed by atoms with Crippen LogP contribution in [-0.2, 0) is 9.53 Å². The number of nitrogens with zero attached hydrogens (tertiary/aromatic N) is 2. The van der Waals surface area contributed by atoms with Gasteiger partial charge in [0, 0.05) is 5.56 Å². The smallest absolute Gasteiger partial charge is 0.387 e. The molecule has 2 heterocycles. The van der Waals surface area contributed by atoms with Crippen LogP contribution < -0.4 is 24.4 Å². The Balaban J connectivity index is 1.72. The van der Waals surface area contributed by atoms with Gasteiger partial charge in [0.05, 0.1) is 34.6 Å². The van der Waals surface area contributed by atoms with Crippen LogP contribution in [0.2, 0.25) is 0 Å². The summed E-state index contributed by atoms with van der Waals surface area (Å²) in [7, 11) is 0. The summed E-state index contributed by atoms with van der Waals surface area (Å²) >= 11 is 1.17. The molecular formula is C32H28F2N2O5S. The van der Waals surface area contributed by atoms with Gasteiger partial charge in [-0.3, -0.25) is 9.36 Å². The maximum Gasteiger partial charge on any atom is 0.387 e. The van der Waals surface area contributed by atoms with Crippen molar-refractivity contribution in [3.05, 3.63) is 121 Å². The largest absolute Gasteiger partial charge is 0.491 e. The van der Waals surface area contributed by atoms with Crippen molar-refractivity contribution in [3.8, 4) is 11.5 Å². The highest BCUT2D eigenvalue weighted by Gasteiger charge is 2.35. The van der Waals surface area contributed by atoms with Crippen LogP contribution in [0.3, 0.4) is 0 Å². The van der Waals surface area contributed by atoms with Crippen molar-refractivity contribution in [2.24, 2.45) is 4.99 Å². The first-order chi connectivity index (χ1) is 20.2. The van der Waals surface area contributed by atoms with E-state index in [1.54, 1.807) is 37.3 Å². The molecule has 0 N–H and O–H groups in total. The van der Waals surface area contributed by atoms with Crippen molar-refractivity contribution < 1.29 is 27.8 Å². The van der Waals surface area contributed by atoms with E-state index in [0.717, 1.165) is 0 Å². The molecule has 0 bridgehead atoms. The lowest BCUT2D eigenvalue weighted by Gasteiger charge is -2.26. The summed E-state index contributed by atoms with van der Waals surface area (Å²) in [6, 6.07) is 21.7. The molecule has 5 rings (SSSR count). The fraction of sp³-hybridized carbons (Fsp3) is 0.219. The van der Waals surface area contributed by atoms with Crippen molar-refractivity contribution in [3.63, 3.8) is 0 Å². The van der Waals surface area contributed by atoms with Gasteiger partial charge in [0.25, 0.3) is 5.56 Å². The minimum atomic E-state index is -2.93. The van der Waals surface area contributed by atoms with E-state index in [-0.39, 0.29) is 29.6 Å². The maximum absolute atomic E-state index is 14.0. The van der Waals surface area contributed by atoms with Gasteiger partial charge < -0.3 is 14.2 Å². The first-order valence-corrected chi connectivity index (χ1v) is 14.2. The third-order valence-electron chi connectivity index (χ3n) is 6.34. The predicted molar refractivity (Wildman–Crippen MR) is 156 cm³/mol. The normalized spacial score (nSPS) is 15.0. The lowest BCUT2D eigenvalue weighted by Crippen LogP contribution is -2.40. The zero-order chi connectivity index (χ0) is 29.8. The number of thiazole rings is 1. The van der Waals surface area contributed by atoms with Gasteiger partial charge in [0.1, 0.15) is 11.5 Å². The fourth-order valence-corrected chi connectivity index (χ4v) is 5.65. The quantitative estimate of drug-likeness (QED) is 0.247. The minimum Gasteiger partial charge on any atom is -0.491 e. The highest BCUT2D eigenvalue weighted by Crippen LogP contribution is 2.35. The number of benzene rings is 3. The van der Waals surface area contributed by atoms with Crippen molar-refractivity contribution in [1.82, 2.24) is 4.57 Å². The van der Waals surface area contributed by atoms with Crippen LogP contribution in [0, 0.1) is 0 Å². The number of halogens is 2. The summed E-state index contributed by atoms with van der Waals surface area (Å²) in [5.41, 5.74) is 2.31. The summed E-state index contributed by atoms with van der Waals surface area (Å²) in [5, 5.41) is 0. The molecule has 3 aromatic carbocycles. The summed E-state index contributed by atoms with van der Waals surface area (Å²) in [4.78, 5) is 32.7. The molecule has 0 saturated carbocycles. The van der Waals surface area contributed by atoms with Gasteiger partial charge in [-0.2, -0.15) is 8.78 Å². The van der Waals surface area contributed by atoms with Crippen LogP contribution in [0.1, 0.15) is 43.5 Å². The molecule has 0 fully saturated rings. The SMILES string of the molecule is CCOC(=O)C1=C(c2ccccc2)N=c2s/c(=C\c3ccc(OC(F)F)cc3)c(=O)n2[C@H]1c1ccc(OC(C)C)cc1. The molecule has 216 valence electrons. The van der Waals surface area contributed by atoms with Crippen LogP contribution in [0.15, 0.2) is 94.2 Å². The molecule has 0 radical (unpaired) electrons. The number of alkyl halides is 2. The van der Waals surface area contributed by atoms with Crippen LogP contribution in [0.5, 0.6) is 11.5 Å². The molecule has 0 amide bonds. The second-order valence-corrected chi connectivity index (χ2v) is 10.6. The Labute approximate surface area is 244 Å². The van der Waals surface area contributed by atoms with Crippen LogP contribution in [0.25, 0.3) is 11.8 Å².